The second-order valence-corrected chi connectivity index (χ2v) is 5.10. The lowest BCUT2D eigenvalue weighted by Gasteiger charge is -2.09. The van der Waals surface area contributed by atoms with Crippen molar-refractivity contribution >= 4 is 11.6 Å². The molecule has 1 aliphatic carbocycles. The molecule has 0 atom stereocenters. The van der Waals surface area contributed by atoms with Gasteiger partial charge >= 0.3 is 0 Å². The van der Waals surface area contributed by atoms with Crippen molar-refractivity contribution in [2.45, 2.75) is 31.7 Å². The summed E-state index contributed by atoms with van der Waals surface area (Å²) in [7, 11) is 0. The Bertz CT molecular complexity index is 470. The molecule has 2 aliphatic rings. The highest BCUT2D eigenvalue weighted by atomic mass is 16.7. The van der Waals surface area contributed by atoms with Gasteiger partial charge in [0.2, 0.25) is 6.79 Å². The minimum absolute atomic E-state index is 0.0331. The molecule has 102 valence electrons. The molecule has 5 heteroatoms. The third-order valence-corrected chi connectivity index (χ3v) is 3.69. The highest BCUT2D eigenvalue weighted by Crippen LogP contribution is 2.34. The first-order valence-electron chi connectivity index (χ1n) is 6.84. The third-order valence-electron chi connectivity index (χ3n) is 3.69. The lowest BCUT2D eigenvalue weighted by molar-refractivity contribution is -0.677. The fraction of sp³-hybridized carbons (Fsp3) is 0.500. The fourth-order valence-electron chi connectivity index (χ4n) is 2.65. The molecule has 1 aliphatic heterocycles. The number of carbonyl (C=O) groups excluding carboxylic acids is 1. The van der Waals surface area contributed by atoms with Gasteiger partial charge in [-0.15, -0.1) is 0 Å². The van der Waals surface area contributed by atoms with E-state index >= 15 is 0 Å². The zero-order chi connectivity index (χ0) is 13.1. The number of ether oxygens (including phenoxy) is 2. The Morgan fingerprint density at radius 2 is 2.05 bits per heavy atom. The summed E-state index contributed by atoms with van der Waals surface area (Å²) in [6, 6.07) is 6.08. The van der Waals surface area contributed by atoms with Crippen molar-refractivity contribution in [1.82, 2.24) is 0 Å². The van der Waals surface area contributed by atoms with Crippen LogP contribution >= 0.6 is 0 Å². The van der Waals surface area contributed by atoms with Gasteiger partial charge in [-0.25, -0.2) is 0 Å². The number of amides is 1. The Morgan fingerprint density at radius 3 is 2.89 bits per heavy atom. The van der Waals surface area contributed by atoms with Crippen LogP contribution in [0.4, 0.5) is 5.69 Å². The van der Waals surface area contributed by atoms with Gasteiger partial charge in [0.1, 0.15) is 0 Å². The summed E-state index contributed by atoms with van der Waals surface area (Å²) in [5.74, 6) is 1.46. The highest BCUT2D eigenvalue weighted by molar-refractivity contribution is 5.91. The smallest absolute Gasteiger partial charge is 0.279 e. The second-order valence-electron chi connectivity index (χ2n) is 5.10. The van der Waals surface area contributed by atoms with Crippen LogP contribution < -0.4 is 20.1 Å². The van der Waals surface area contributed by atoms with Crippen molar-refractivity contribution in [2.75, 3.05) is 18.7 Å². The van der Waals surface area contributed by atoms with Crippen LogP contribution in [0.5, 0.6) is 11.5 Å². The average molecular weight is 263 g/mol. The van der Waals surface area contributed by atoms with Gasteiger partial charge < -0.3 is 20.1 Å². The molecule has 0 radical (unpaired) electrons. The first kappa shape index (κ1) is 12.3. The van der Waals surface area contributed by atoms with Crippen LogP contribution in [0.3, 0.4) is 0 Å². The van der Waals surface area contributed by atoms with Gasteiger partial charge in [-0.2, -0.15) is 0 Å². The number of benzene rings is 1. The first-order valence-corrected chi connectivity index (χ1v) is 6.84. The zero-order valence-corrected chi connectivity index (χ0v) is 10.9. The molecule has 0 saturated heterocycles. The number of anilines is 1. The monoisotopic (exact) mass is 263 g/mol. The van der Waals surface area contributed by atoms with Gasteiger partial charge in [-0.05, 0) is 37.8 Å². The number of nitrogens with one attached hydrogen (secondary N) is 1. The predicted octanol–water partition coefficient (Wildman–Crippen LogP) is 0.860. The largest absolute Gasteiger partial charge is 0.454 e. The summed E-state index contributed by atoms with van der Waals surface area (Å²) in [6.07, 6.45) is 5.06. The Balaban J connectivity index is 1.51. The van der Waals surface area contributed by atoms with Gasteiger partial charge in [-0.1, -0.05) is 0 Å². The number of rotatable bonds is 4. The first-order chi connectivity index (χ1) is 9.31. The van der Waals surface area contributed by atoms with E-state index in [1.807, 2.05) is 12.1 Å². The van der Waals surface area contributed by atoms with E-state index in [0.717, 1.165) is 11.4 Å². The maximum Gasteiger partial charge on any atom is 0.279 e. The van der Waals surface area contributed by atoms with Crippen LogP contribution in [0.15, 0.2) is 18.2 Å². The number of quaternary nitrogens is 1. The molecule has 1 heterocycles. The van der Waals surface area contributed by atoms with Crippen LogP contribution in [0, 0.1) is 0 Å². The second kappa shape index (κ2) is 5.48. The van der Waals surface area contributed by atoms with E-state index in [-0.39, 0.29) is 12.7 Å². The average Bonchev–Trinajstić information content (AvgIpc) is 3.07. The lowest BCUT2D eigenvalue weighted by Crippen LogP contribution is -2.91. The molecule has 1 saturated carbocycles. The van der Waals surface area contributed by atoms with Gasteiger partial charge in [0.15, 0.2) is 18.0 Å². The maximum atomic E-state index is 11.9. The minimum atomic E-state index is 0.0331. The zero-order valence-electron chi connectivity index (χ0n) is 10.9. The van der Waals surface area contributed by atoms with Crippen molar-refractivity contribution in [3.63, 3.8) is 0 Å². The van der Waals surface area contributed by atoms with E-state index in [9.17, 15) is 4.79 Å². The lowest BCUT2D eigenvalue weighted by atomic mass is 10.2. The van der Waals surface area contributed by atoms with Crippen molar-refractivity contribution < 1.29 is 19.6 Å². The molecule has 0 bridgehead atoms. The molecule has 1 aromatic carbocycles. The third kappa shape index (κ3) is 2.98. The summed E-state index contributed by atoms with van der Waals surface area (Å²) >= 11 is 0. The van der Waals surface area contributed by atoms with Gasteiger partial charge in [0.25, 0.3) is 5.91 Å². The number of carbonyl (C=O) groups is 1. The van der Waals surface area contributed by atoms with Gasteiger partial charge in [0.05, 0.1) is 6.04 Å². The normalized spacial score (nSPS) is 17.7. The molecule has 3 N–H and O–H groups in total. The van der Waals surface area contributed by atoms with Crippen LogP contribution in [0.25, 0.3) is 0 Å². The van der Waals surface area contributed by atoms with E-state index in [4.69, 9.17) is 9.47 Å². The Morgan fingerprint density at radius 1 is 1.26 bits per heavy atom. The van der Waals surface area contributed by atoms with Crippen molar-refractivity contribution in [1.29, 1.82) is 0 Å². The van der Waals surface area contributed by atoms with Crippen LogP contribution in [0.1, 0.15) is 25.7 Å². The summed E-state index contributed by atoms with van der Waals surface area (Å²) in [4.78, 5) is 11.9. The van der Waals surface area contributed by atoms with Gasteiger partial charge in [-0.3, -0.25) is 4.79 Å². The molecule has 0 spiro atoms. The van der Waals surface area contributed by atoms with E-state index in [1.54, 1.807) is 6.07 Å². The predicted molar refractivity (Wildman–Crippen MR) is 70.2 cm³/mol. The summed E-state index contributed by atoms with van der Waals surface area (Å²) in [5.41, 5.74) is 0.758. The maximum absolute atomic E-state index is 11.9. The standard InChI is InChI=1S/C14H18N2O3/c17-14(8-15-10-3-1-2-4-10)16-11-5-6-12-13(7-11)19-9-18-12/h5-7,10,15H,1-4,8-9H2,(H,16,17)/p+1. The number of fused-ring (bicyclic) bond motifs is 1. The molecule has 5 nitrogen and oxygen atoms in total. The molecule has 0 aromatic heterocycles. The fourth-order valence-corrected chi connectivity index (χ4v) is 2.65. The summed E-state index contributed by atoms with van der Waals surface area (Å²) in [5, 5.41) is 5.04. The molecule has 3 rings (SSSR count). The summed E-state index contributed by atoms with van der Waals surface area (Å²) < 4.78 is 10.5. The molecule has 1 aromatic rings. The molecular formula is C14H19N2O3+. The quantitative estimate of drug-likeness (QED) is 0.847. The number of nitrogens with two attached hydrogens (primary N) is 1. The topological polar surface area (TPSA) is 64.2 Å². The summed E-state index contributed by atoms with van der Waals surface area (Å²) in [6.45, 7) is 0.737. The van der Waals surface area contributed by atoms with Crippen LogP contribution in [-0.2, 0) is 4.79 Å². The molecule has 1 fully saturated rings. The number of hydrogen-bond acceptors (Lipinski definition) is 3. The molecule has 19 heavy (non-hydrogen) atoms. The molecule has 1 amide bonds. The van der Waals surface area contributed by atoms with Crippen molar-refractivity contribution in [2.24, 2.45) is 0 Å². The van der Waals surface area contributed by atoms with E-state index in [1.165, 1.54) is 25.7 Å². The Kier molecular flexibility index (Phi) is 3.55. The van der Waals surface area contributed by atoms with Crippen molar-refractivity contribution in [3.05, 3.63) is 18.2 Å². The van der Waals surface area contributed by atoms with Crippen LogP contribution in [0.2, 0.25) is 0 Å². The van der Waals surface area contributed by atoms with Crippen molar-refractivity contribution in [3.8, 4) is 11.5 Å². The molecule has 0 unspecified atom stereocenters. The van der Waals surface area contributed by atoms with E-state index < -0.39 is 0 Å². The molecular weight excluding hydrogens is 244 g/mol. The SMILES string of the molecule is O=C(C[NH2+]C1CCCC1)Nc1ccc2c(c1)OCO2. The van der Waals surface area contributed by atoms with E-state index in [0.29, 0.717) is 18.3 Å². The Hall–Kier alpha value is -1.75. The minimum Gasteiger partial charge on any atom is -0.454 e. The number of hydrogen-bond donors (Lipinski definition) is 2. The highest BCUT2D eigenvalue weighted by Gasteiger charge is 2.19. The van der Waals surface area contributed by atoms with Gasteiger partial charge in [0, 0.05) is 11.8 Å². The van der Waals surface area contributed by atoms with Crippen LogP contribution in [-0.4, -0.2) is 25.3 Å². The van der Waals surface area contributed by atoms with E-state index in [2.05, 4.69) is 10.6 Å². The Labute approximate surface area is 112 Å².